The summed E-state index contributed by atoms with van der Waals surface area (Å²) in [6, 6.07) is 4.93. The predicted octanol–water partition coefficient (Wildman–Crippen LogP) is 2.09. The first-order chi connectivity index (χ1) is 8.88. The Bertz CT molecular complexity index is 318. The van der Waals surface area contributed by atoms with Crippen LogP contribution in [0.25, 0.3) is 0 Å². The van der Waals surface area contributed by atoms with Crippen molar-refractivity contribution in [2.75, 3.05) is 26.2 Å². The van der Waals surface area contributed by atoms with E-state index in [4.69, 9.17) is 0 Å². The lowest BCUT2D eigenvalue weighted by Gasteiger charge is -2.32. The molecule has 0 unspecified atom stereocenters. The fourth-order valence-corrected chi connectivity index (χ4v) is 2.65. The lowest BCUT2D eigenvalue weighted by Crippen LogP contribution is -2.43. The summed E-state index contributed by atoms with van der Waals surface area (Å²) in [4.78, 5) is 6.63. The second-order valence-electron chi connectivity index (χ2n) is 5.18. The van der Waals surface area contributed by atoms with Crippen LogP contribution < -0.4 is 5.32 Å². The molecule has 0 spiro atoms. The molecule has 3 heteroatoms. The highest BCUT2D eigenvalue weighted by Crippen LogP contribution is 2.10. The number of hydrogen-bond acceptors (Lipinski definition) is 3. The topological polar surface area (TPSA) is 28.2 Å². The summed E-state index contributed by atoms with van der Waals surface area (Å²) >= 11 is 0. The molecule has 0 atom stereocenters. The van der Waals surface area contributed by atoms with Gasteiger partial charge in [0, 0.05) is 18.4 Å². The van der Waals surface area contributed by atoms with E-state index in [0.717, 1.165) is 19.0 Å². The molecule has 1 saturated heterocycles. The summed E-state index contributed by atoms with van der Waals surface area (Å²) in [5.74, 6) is 0. The molecule has 1 fully saturated rings. The molecule has 1 aromatic rings. The minimum absolute atomic E-state index is 0.722. The van der Waals surface area contributed by atoms with Crippen molar-refractivity contribution in [3.05, 3.63) is 30.1 Å². The average molecular weight is 247 g/mol. The molecule has 0 aliphatic carbocycles. The normalized spacial score (nSPS) is 18.1. The Labute approximate surface area is 111 Å². The van der Waals surface area contributed by atoms with Crippen LogP contribution in [-0.2, 0) is 6.42 Å². The third-order valence-corrected chi connectivity index (χ3v) is 3.72. The molecule has 0 saturated carbocycles. The van der Waals surface area contributed by atoms with Crippen molar-refractivity contribution in [3.63, 3.8) is 0 Å². The number of nitrogens with one attached hydrogen (secondary N) is 1. The van der Waals surface area contributed by atoms with Gasteiger partial charge in [-0.1, -0.05) is 6.92 Å². The van der Waals surface area contributed by atoms with Crippen molar-refractivity contribution in [1.29, 1.82) is 0 Å². The van der Waals surface area contributed by atoms with E-state index in [9.17, 15) is 0 Å². The Balaban J connectivity index is 1.61. The molecule has 0 radical (unpaired) electrons. The highest BCUT2D eigenvalue weighted by molar-refractivity contribution is 5.09. The first-order valence-electron chi connectivity index (χ1n) is 7.23. The van der Waals surface area contributed by atoms with Gasteiger partial charge in [-0.25, -0.2) is 0 Å². The van der Waals surface area contributed by atoms with E-state index in [1.54, 1.807) is 0 Å². The molecule has 0 amide bonds. The standard InChI is InChI=1S/C15H25N3/c1-2-11-18-12-6-15(7-13-18)17-10-5-14-3-8-16-9-4-14/h3-4,8-9,15,17H,2,5-7,10-13H2,1H3. The van der Waals surface area contributed by atoms with Gasteiger partial charge in [-0.05, 0) is 69.6 Å². The van der Waals surface area contributed by atoms with E-state index in [-0.39, 0.29) is 0 Å². The van der Waals surface area contributed by atoms with Crippen molar-refractivity contribution >= 4 is 0 Å². The zero-order valence-corrected chi connectivity index (χ0v) is 11.4. The number of nitrogens with zero attached hydrogens (tertiary/aromatic N) is 2. The quantitative estimate of drug-likeness (QED) is 0.834. The molecule has 1 N–H and O–H groups in total. The van der Waals surface area contributed by atoms with Gasteiger partial charge < -0.3 is 10.2 Å². The van der Waals surface area contributed by atoms with Gasteiger partial charge in [-0.3, -0.25) is 4.98 Å². The van der Waals surface area contributed by atoms with Crippen LogP contribution in [0.1, 0.15) is 31.7 Å². The van der Waals surface area contributed by atoms with Crippen molar-refractivity contribution in [3.8, 4) is 0 Å². The smallest absolute Gasteiger partial charge is 0.0270 e. The van der Waals surface area contributed by atoms with Gasteiger partial charge in [0.15, 0.2) is 0 Å². The van der Waals surface area contributed by atoms with Gasteiger partial charge in [-0.15, -0.1) is 0 Å². The fourth-order valence-electron chi connectivity index (χ4n) is 2.65. The average Bonchev–Trinajstić information content (AvgIpc) is 2.42. The lowest BCUT2D eigenvalue weighted by atomic mass is 10.0. The lowest BCUT2D eigenvalue weighted by molar-refractivity contribution is 0.198. The monoisotopic (exact) mass is 247 g/mol. The molecule has 18 heavy (non-hydrogen) atoms. The van der Waals surface area contributed by atoms with Crippen molar-refractivity contribution in [1.82, 2.24) is 15.2 Å². The number of aromatic nitrogens is 1. The van der Waals surface area contributed by atoms with E-state index < -0.39 is 0 Å². The number of pyridine rings is 1. The van der Waals surface area contributed by atoms with E-state index >= 15 is 0 Å². The first kappa shape index (κ1) is 13.5. The predicted molar refractivity (Wildman–Crippen MR) is 75.7 cm³/mol. The minimum atomic E-state index is 0.722. The van der Waals surface area contributed by atoms with Crippen LogP contribution in [0.4, 0.5) is 0 Å². The maximum atomic E-state index is 4.04. The van der Waals surface area contributed by atoms with Gasteiger partial charge in [0.2, 0.25) is 0 Å². The number of hydrogen-bond donors (Lipinski definition) is 1. The largest absolute Gasteiger partial charge is 0.314 e. The molecule has 0 bridgehead atoms. The number of likely N-dealkylation sites (tertiary alicyclic amines) is 1. The van der Waals surface area contributed by atoms with Crippen LogP contribution in [0.2, 0.25) is 0 Å². The highest BCUT2D eigenvalue weighted by Gasteiger charge is 2.17. The second kappa shape index (κ2) is 7.49. The summed E-state index contributed by atoms with van der Waals surface area (Å²) in [6.07, 6.45) is 8.74. The van der Waals surface area contributed by atoms with Gasteiger partial charge in [0.1, 0.15) is 0 Å². The van der Waals surface area contributed by atoms with Crippen LogP contribution in [0, 0.1) is 0 Å². The zero-order valence-electron chi connectivity index (χ0n) is 11.4. The van der Waals surface area contributed by atoms with Crippen molar-refractivity contribution in [2.45, 2.75) is 38.6 Å². The van der Waals surface area contributed by atoms with Gasteiger partial charge >= 0.3 is 0 Å². The van der Waals surface area contributed by atoms with Crippen LogP contribution >= 0.6 is 0 Å². The first-order valence-corrected chi connectivity index (χ1v) is 7.23. The molecular weight excluding hydrogens is 222 g/mol. The van der Waals surface area contributed by atoms with Crippen LogP contribution in [-0.4, -0.2) is 42.1 Å². The third kappa shape index (κ3) is 4.39. The Morgan fingerprint density at radius 3 is 2.67 bits per heavy atom. The van der Waals surface area contributed by atoms with E-state index in [2.05, 4.69) is 34.3 Å². The molecule has 2 heterocycles. The van der Waals surface area contributed by atoms with Crippen LogP contribution in [0.3, 0.4) is 0 Å². The van der Waals surface area contributed by atoms with Crippen LogP contribution in [0.5, 0.6) is 0 Å². The number of rotatable bonds is 6. The van der Waals surface area contributed by atoms with Crippen LogP contribution in [0.15, 0.2) is 24.5 Å². The van der Waals surface area contributed by atoms with Crippen molar-refractivity contribution in [2.24, 2.45) is 0 Å². The number of piperidine rings is 1. The summed E-state index contributed by atoms with van der Waals surface area (Å²) < 4.78 is 0. The molecule has 1 aromatic heterocycles. The van der Waals surface area contributed by atoms with Crippen molar-refractivity contribution < 1.29 is 0 Å². The molecular formula is C15H25N3. The fraction of sp³-hybridized carbons (Fsp3) is 0.667. The molecule has 3 nitrogen and oxygen atoms in total. The zero-order chi connectivity index (χ0) is 12.6. The van der Waals surface area contributed by atoms with E-state index in [0.29, 0.717) is 0 Å². The molecule has 100 valence electrons. The van der Waals surface area contributed by atoms with E-state index in [1.807, 2.05) is 12.4 Å². The Morgan fingerprint density at radius 1 is 1.28 bits per heavy atom. The maximum Gasteiger partial charge on any atom is 0.0270 e. The molecule has 2 rings (SSSR count). The summed E-state index contributed by atoms with van der Waals surface area (Å²) in [7, 11) is 0. The Kier molecular flexibility index (Phi) is 5.62. The summed E-state index contributed by atoms with van der Waals surface area (Å²) in [5, 5.41) is 3.69. The van der Waals surface area contributed by atoms with Gasteiger partial charge in [0.25, 0.3) is 0 Å². The molecule has 0 aromatic carbocycles. The third-order valence-electron chi connectivity index (χ3n) is 3.72. The Hall–Kier alpha value is -0.930. The SMILES string of the molecule is CCCN1CCC(NCCc2ccncc2)CC1. The van der Waals surface area contributed by atoms with E-state index in [1.165, 1.54) is 44.5 Å². The Morgan fingerprint density at radius 2 is 2.00 bits per heavy atom. The molecule has 1 aliphatic rings. The molecule has 1 aliphatic heterocycles. The maximum absolute atomic E-state index is 4.04. The highest BCUT2D eigenvalue weighted by atomic mass is 15.1. The second-order valence-corrected chi connectivity index (χ2v) is 5.18. The summed E-state index contributed by atoms with van der Waals surface area (Å²) in [5.41, 5.74) is 1.38. The van der Waals surface area contributed by atoms with Gasteiger partial charge in [-0.2, -0.15) is 0 Å². The minimum Gasteiger partial charge on any atom is -0.314 e. The summed E-state index contributed by atoms with van der Waals surface area (Å²) in [6.45, 7) is 7.15. The van der Waals surface area contributed by atoms with Gasteiger partial charge in [0.05, 0.1) is 0 Å².